The van der Waals surface area contributed by atoms with Crippen molar-refractivity contribution in [1.82, 2.24) is 24.5 Å². The first kappa shape index (κ1) is 23.4. The molecule has 2 aromatic carbocycles. The van der Waals surface area contributed by atoms with Crippen molar-refractivity contribution < 1.29 is 4.39 Å². The van der Waals surface area contributed by atoms with E-state index >= 15 is 0 Å². The number of nitrogens with zero attached hydrogens (tertiary/aromatic N) is 5. The Morgan fingerprint density at radius 1 is 0.921 bits per heavy atom. The van der Waals surface area contributed by atoms with Crippen molar-refractivity contribution in [1.29, 1.82) is 0 Å². The molecule has 0 spiro atoms. The number of halogens is 1. The summed E-state index contributed by atoms with van der Waals surface area (Å²) in [5.41, 5.74) is 13.4. The molecular formula is C31H31FN6. The molecule has 2 fully saturated rings. The van der Waals surface area contributed by atoms with E-state index in [0.717, 1.165) is 70.7 Å². The van der Waals surface area contributed by atoms with Gasteiger partial charge in [0.15, 0.2) is 11.5 Å². The van der Waals surface area contributed by atoms with Crippen molar-refractivity contribution in [3.8, 4) is 22.4 Å². The SMILES string of the molecule is NC1(c2ccc(-c3nc4ccn5c(CN6CCC(F)CC6)nnc5c4cc3-c3ccccc3)cc2)CCC1. The molecule has 7 rings (SSSR count). The van der Waals surface area contributed by atoms with Crippen LogP contribution in [0.2, 0.25) is 0 Å². The molecule has 192 valence electrons. The second-order valence-corrected chi connectivity index (χ2v) is 10.8. The quantitative estimate of drug-likeness (QED) is 0.322. The maximum Gasteiger partial charge on any atom is 0.170 e. The van der Waals surface area contributed by atoms with Gasteiger partial charge in [-0.05, 0) is 55.4 Å². The van der Waals surface area contributed by atoms with Gasteiger partial charge in [-0.1, -0.05) is 54.6 Å². The molecule has 0 atom stereocenters. The predicted molar refractivity (Wildman–Crippen MR) is 148 cm³/mol. The fourth-order valence-electron chi connectivity index (χ4n) is 5.87. The van der Waals surface area contributed by atoms with Crippen LogP contribution in [0.25, 0.3) is 38.9 Å². The van der Waals surface area contributed by atoms with E-state index in [0.29, 0.717) is 19.4 Å². The number of alkyl halides is 1. The van der Waals surface area contributed by atoms with Gasteiger partial charge in [-0.15, -0.1) is 10.2 Å². The van der Waals surface area contributed by atoms with Crippen LogP contribution in [0.15, 0.2) is 72.9 Å². The van der Waals surface area contributed by atoms with E-state index in [1.165, 1.54) is 12.0 Å². The number of rotatable bonds is 5. The highest BCUT2D eigenvalue weighted by molar-refractivity contribution is 5.98. The summed E-state index contributed by atoms with van der Waals surface area (Å²) in [6, 6.07) is 23.2. The fourth-order valence-corrected chi connectivity index (χ4v) is 5.87. The smallest absolute Gasteiger partial charge is 0.170 e. The van der Waals surface area contributed by atoms with Gasteiger partial charge in [0.25, 0.3) is 0 Å². The van der Waals surface area contributed by atoms with Gasteiger partial charge in [-0.2, -0.15) is 0 Å². The molecule has 0 amide bonds. The minimum Gasteiger partial charge on any atom is -0.321 e. The number of benzene rings is 2. The molecule has 1 aliphatic carbocycles. The van der Waals surface area contributed by atoms with E-state index < -0.39 is 6.17 Å². The summed E-state index contributed by atoms with van der Waals surface area (Å²) in [6.45, 7) is 2.15. The van der Waals surface area contributed by atoms with Crippen LogP contribution in [0.5, 0.6) is 0 Å². The van der Waals surface area contributed by atoms with Gasteiger partial charge in [-0.3, -0.25) is 9.30 Å². The third-order valence-electron chi connectivity index (χ3n) is 8.39. The average Bonchev–Trinajstić information content (AvgIpc) is 3.36. The maximum absolute atomic E-state index is 13.6. The van der Waals surface area contributed by atoms with E-state index in [-0.39, 0.29) is 5.54 Å². The van der Waals surface area contributed by atoms with Crippen LogP contribution in [0.3, 0.4) is 0 Å². The average molecular weight is 507 g/mol. The molecule has 0 unspecified atom stereocenters. The molecule has 2 N–H and O–H groups in total. The van der Waals surface area contributed by atoms with Crippen LogP contribution in [0.1, 0.15) is 43.5 Å². The molecule has 1 saturated heterocycles. The topological polar surface area (TPSA) is 72.3 Å². The molecule has 2 aliphatic rings. The largest absolute Gasteiger partial charge is 0.321 e. The number of pyridine rings is 2. The lowest BCUT2D eigenvalue weighted by atomic mass is 9.72. The third kappa shape index (κ3) is 4.06. The van der Waals surface area contributed by atoms with Gasteiger partial charge in [0.1, 0.15) is 6.17 Å². The predicted octanol–water partition coefficient (Wildman–Crippen LogP) is 5.88. The minimum absolute atomic E-state index is 0.184. The maximum atomic E-state index is 13.6. The third-order valence-corrected chi connectivity index (χ3v) is 8.39. The number of nitrogens with two attached hydrogens (primary N) is 1. The highest BCUT2D eigenvalue weighted by Crippen LogP contribution is 2.40. The van der Waals surface area contributed by atoms with Crippen molar-refractivity contribution >= 4 is 16.6 Å². The fraction of sp³-hybridized carbons (Fsp3) is 0.323. The van der Waals surface area contributed by atoms with Gasteiger partial charge in [0.05, 0.1) is 17.8 Å². The highest BCUT2D eigenvalue weighted by atomic mass is 19.1. The van der Waals surface area contributed by atoms with E-state index in [1.54, 1.807) is 0 Å². The van der Waals surface area contributed by atoms with Crippen molar-refractivity contribution in [3.05, 3.63) is 84.3 Å². The van der Waals surface area contributed by atoms with Crippen LogP contribution in [-0.4, -0.2) is 43.7 Å². The van der Waals surface area contributed by atoms with Crippen LogP contribution in [0.4, 0.5) is 4.39 Å². The molecule has 1 saturated carbocycles. The van der Waals surface area contributed by atoms with Crippen LogP contribution in [0, 0.1) is 0 Å². The standard InChI is InChI=1S/C31H31FN6/c32-24-11-16-37(17-12-24)20-28-35-36-30-26-19-25(21-5-2-1-3-6-21)29(34-27(26)13-18-38(28)30)22-7-9-23(10-8-22)31(33)14-4-15-31/h1-3,5-10,13,18-19,24H,4,11-12,14-17,20,33H2. The van der Waals surface area contributed by atoms with Crippen LogP contribution < -0.4 is 5.73 Å². The molecule has 38 heavy (non-hydrogen) atoms. The molecule has 0 bridgehead atoms. The molecular weight excluding hydrogens is 475 g/mol. The molecule has 7 heteroatoms. The summed E-state index contributed by atoms with van der Waals surface area (Å²) >= 11 is 0. The number of fused-ring (bicyclic) bond motifs is 3. The van der Waals surface area contributed by atoms with E-state index in [9.17, 15) is 4.39 Å². The minimum atomic E-state index is -0.687. The number of piperidine rings is 1. The monoisotopic (exact) mass is 506 g/mol. The van der Waals surface area contributed by atoms with Crippen molar-refractivity contribution in [2.75, 3.05) is 13.1 Å². The Balaban J connectivity index is 1.32. The second-order valence-electron chi connectivity index (χ2n) is 10.8. The summed E-state index contributed by atoms with van der Waals surface area (Å²) in [5, 5.41) is 10.1. The summed E-state index contributed by atoms with van der Waals surface area (Å²) in [7, 11) is 0. The lowest BCUT2D eigenvalue weighted by Gasteiger charge is -2.38. The zero-order valence-corrected chi connectivity index (χ0v) is 21.4. The molecule has 1 aliphatic heterocycles. The Labute approximate surface area is 221 Å². The number of likely N-dealkylation sites (tertiary alicyclic amines) is 1. The summed E-state index contributed by atoms with van der Waals surface area (Å²) < 4.78 is 15.7. The Bertz CT molecular complexity index is 1600. The first-order chi connectivity index (χ1) is 18.6. The Kier molecular flexibility index (Phi) is 5.71. The summed E-state index contributed by atoms with van der Waals surface area (Å²) in [6.07, 6.45) is 5.76. The zero-order valence-electron chi connectivity index (χ0n) is 21.4. The Hall–Kier alpha value is -3.68. The molecule has 3 aromatic heterocycles. The lowest BCUT2D eigenvalue weighted by Crippen LogP contribution is -2.43. The Morgan fingerprint density at radius 3 is 2.39 bits per heavy atom. The van der Waals surface area contributed by atoms with Crippen LogP contribution >= 0.6 is 0 Å². The lowest BCUT2D eigenvalue weighted by molar-refractivity contribution is 0.142. The van der Waals surface area contributed by atoms with Crippen molar-refractivity contribution in [3.63, 3.8) is 0 Å². The van der Waals surface area contributed by atoms with Crippen LogP contribution in [-0.2, 0) is 12.1 Å². The van der Waals surface area contributed by atoms with Crippen molar-refractivity contribution in [2.45, 2.75) is 50.4 Å². The van der Waals surface area contributed by atoms with Crippen molar-refractivity contribution in [2.24, 2.45) is 5.73 Å². The van der Waals surface area contributed by atoms with Gasteiger partial charge in [0, 0.05) is 41.3 Å². The second kappa shape index (κ2) is 9.26. The number of hydrogen-bond donors (Lipinski definition) is 1. The van der Waals surface area contributed by atoms with E-state index in [4.69, 9.17) is 10.7 Å². The zero-order chi connectivity index (χ0) is 25.7. The molecule has 6 nitrogen and oxygen atoms in total. The van der Waals surface area contributed by atoms with Gasteiger partial charge in [-0.25, -0.2) is 9.37 Å². The Morgan fingerprint density at radius 2 is 1.68 bits per heavy atom. The highest BCUT2D eigenvalue weighted by Gasteiger charge is 2.34. The first-order valence-corrected chi connectivity index (χ1v) is 13.6. The number of hydrogen-bond acceptors (Lipinski definition) is 5. The summed E-state index contributed by atoms with van der Waals surface area (Å²) in [4.78, 5) is 7.42. The normalized spacial score (nSPS) is 18.2. The number of aromatic nitrogens is 4. The first-order valence-electron chi connectivity index (χ1n) is 13.6. The molecule has 0 radical (unpaired) electrons. The molecule has 4 heterocycles. The molecule has 5 aromatic rings. The van der Waals surface area contributed by atoms with Gasteiger partial charge < -0.3 is 5.73 Å². The van der Waals surface area contributed by atoms with E-state index in [1.807, 2.05) is 22.7 Å². The van der Waals surface area contributed by atoms with Gasteiger partial charge in [0.2, 0.25) is 0 Å². The van der Waals surface area contributed by atoms with Gasteiger partial charge >= 0.3 is 0 Å². The summed E-state index contributed by atoms with van der Waals surface area (Å²) in [5.74, 6) is 0.867. The van der Waals surface area contributed by atoms with E-state index in [2.05, 4.69) is 69.7 Å².